The summed E-state index contributed by atoms with van der Waals surface area (Å²) in [7, 11) is 0. The Hall–Kier alpha value is 1.26. The molecule has 3 unspecified atom stereocenters. The maximum absolute atomic E-state index is 12.1. The zero-order valence-electron chi connectivity index (χ0n) is 10.1. The third-order valence-corrected chi connectivity index (χ3v) is 6.28. The summed E-state index contributed by atoms with van der Waals surface area (Å²) in [5, 5.41) is 11.4. The molecule has 3 atom stereocenters. The number of rotatable bonds is 1. The van der Waals surface area contributed by atoms with Crippen molar-refractivity contribution in [3.63, 3.8) is 0 Å². The molecule has 0 aromatic heterocycles. The molecular formula is C11H14BrKO3. The number of carbonyl (C=O) groups excluding carboxylic acids is 2. The summed E-state index contributed by atoms with van der Waals surface area (Å²) >= 11 is 3.26. The molecule has 0 aromatic carbocycles. The fourth-order valence-corrected chi connectivity index (χ4v) is 4.90. The van der Waals surface area contributed by atoms with Crippen LogP contribution in [-0.2, 0) is 9.59 Å². The van der Waals surface area contributed by atoms with Gasteiger partial charge >= 0.3 is 51.4 Å². The molecule has 0 heterocycles. The first-order valence-electron chi connectivity index (χ1n) is 5.12. The number of halogens is 1. The van der Waals surface area contributed by atoms with Crippen LogP contribution < -0.4 is 56.5 Å². The number of Topliss-reactive ketones (excluding diaryl/α,β-unsaturated/α-hetero) is 1. The fourth-order valence-electron chi connectivity index (χ4n) is 3.40. The molecule has 2 bridgehead atoms. The average molecular weight is 313 g/mol. The van der Waals surface area contributed by atoms with E-state index in [1.165, 1.54) is 0 Å². The van der Waals surface area contributed by atoms with Crippen LogP contribution in [0.5, 0.6) is 0 Å². The van der Waals surface area contributed by atoms with Gasteiger partial charge in [-0.25, -0.2) is 0 Å². The van der Waals surface area contributed by atoms with Gasteiger partial charge in [0, 0.05) is 16.8 Å². The maximum Gasteiger partial charge on any atom is 1.00 e. The van der Waals surface area contributed by atoms with E-state index >= 15 is 0 Å². The van der Waals surface area contributed by atoms with Crippen LogP contribution in [-0.4, -0.2) is 16.6 Å². The molecule has 0 aromatic rings. The zero-order valence-corrected chi connectivity index (χ0v) is 14.8. The quantitative estimate of drug-likeness (QED) is 0.412. The Kier molecular flexibility index (Phi) is 3.96. The van der Waals surface area contributed by atoms with Gasteiger partial charge in [-0.3, -0.25) is 4.79 Å². The van der Waals surface area contributed by atoms with Gasteiger partial charge in [-0.15, -0.1) is 0 Å². The van der Waals surface area contributed by atoms with Gasteiger partial charge in [0.25, 0.3) is 0 Å². The topological polar surface area (TPSA) is 57.2 Å². The third-order valence-electron chi connectivity index (χ3n) is 5.08. The van der Waals surface area contributed by atoms with Crippen molar-refractivity contribution in [3.8, 4) is 0 Å². The van der Waals surface area contributed by atoms with E-state index in [1.54, 1.807) is 0 Å². The van der Waals surface area contributed by atoms with E-state index < -0.39 is 27.0 Å². The number of hydrogen-bond acceptors (Lipinski definition) is 3. The molecule has 2 aliphatic carbocycles. The molecule has 3 nitrogen and oxygen atoms in total. The van der Waals surface area contributed by atoms with Gasteiger partial charge < -0.3 is 9.90 Å². The van der Waals surface area contributed by atoms with Crippen LogP contribution in [0.4, 0.5) is 0 Å². The Morgan fingerprint density at radius 2 is 1.88 bits per heavy atom. The van der Waals surface area contributed by atoms with Crippen LogP contribution >= 0.6 is 15.9 Å². The molecule has 2 aliphatic rings. The minimum absolute atomic E-state index is 0. The molecule has 2 rings (SSSR count). The molecule has 16 heavy (non-hydrogen) atoms. The van der Waals surface area contributed by atoms with E-state index in [1.807, 2.05) is 20.8 Å². The minimum Gasteiger partial charge on any atom is -0.549 e. The zero-order chi connectivity index (χ0) is 11.6. The van der Waals surface area contributed by atoms with Crippen molar-refractivity contribution in [1.29, 1.82) is 0 Å². The molecule has 0 aliphatic heterocycles. The second-order valence-electron chi connectivity index (χ2n) is 5.44. The fraction of sp³-hybridized carbons (Fsp3) is 0.818. The van der Waals surface area contributed by atoms with Crippen LogP contribution in [0.15, 0.2) is 0 Å². The molecule has 0 saturated heterocycles. The summed E-state index contributed by atoms with van der Waals surface area (Å²) in [6, 6.07) is 0. The minimum atomic E-state index is -1.09. The summed E-state index contributed by atoms with van der Waals surface area (Å²) in [5.41, 5.74) is -2.09. The largest absolute Gasteiger partial charge is 1.00 e. The van der Waals surface area contributed by atoms with Crippen molar-refractivity contribution in [2.24, 2.45) is 16.2 Å². The Morgan fingerprint density at radius 3 is 2.12 bits per heavy atom. The van der Waals surface area contributed by atoms with Crippen molar-refractivity contribution in [2.75, 3.05) is 0 Å². The second kappa shape index (κ2) is 4.13. The van der Waals surface area contributed by atoms with Crippen molar-refractivity contribution < 1.29 is 66.1 Å². The van der Waals surface area contributed by atoms with E-state index in [-0.39, 0.29) is 57.2 Å². The van der Waals surface area contributed by atoms with E-state index in [9.17, 15) is 14.7 Å². The molecule has 0 amide bonds. The summed E-state index contributed by atoms with van der Waals surface area (Å²) < 4.78 is 0. The van der Waals surface area contributed by atoms with Crippen LogP contribution in [0.3, 0.4) is 0 Å². The second-order valence-corrected chi connectivity index (χ2v) is 6.36. The van der Waals surface area contributed by atoms with Gasteiger partial charge in [0.1, 0.15) is 0 Å². The van der Waals surface area contributed by atoms with Crippen molar-refractivity contribution >= 4 is 27.7 Å². The van der Waals surface area contributed by atoms with E-state index in [0.717, 1.165) is 0 Å². The molecular weight excluding hydrogens is 299 g/mol. The Morgan fingerprint density at radius 1 is 1.38 bits per heavy atom. The first-order chi connectivity index (χ1) is 6.72. The standard InChI is InChI=1S/C11H15BrO3.K/c1-9(2)10(3)4-5-11(9,8(14)15)6(12)7(10)13;/h6H,4-5H2,1-3H3,(H,14,15);/q;+1/p-1. The first-order valence-corrected chi connectivity index (χ1v) is 6.03. The van der Waals surface area contributed by atoms with E-state index in [2.05, 4.69) is 15.9 Å². The predicted octanol–water partition coefficient (Wildman–Crippen LogP) is -2.10. The number of aliphatic carboxylic acids is 1. The molecule has 0 radical (unpaired) electrons. The SMILES string of the molecule is CC12CCC(C(=O)[O-])(C(Br)C1=O)C2(C)C.[K+]. The maximum atomic E-state index is 12.1. The Bertz CT molecular complexity index is 368. The van der Waals surface area contributed by atoms with Crippen LogP contribution in [0.2, 0.25) is 0 Å². The number of alkyl halides is 1. The monoisotopic (exact) mass is 312 g/mol. The van der Waals surface area contributed by atoms with Gasteiger partial charge in [-0.1, -0.05) is 36.7 Å². The van der Waals surface area contributed by atoms with Gasteiger partial charge in [0.05, 0.1) is 4.83 Å². The Labute approximate surface area is 146 Å². The van der Waals surface area contributed by atoms with E-state index in [4.69, 9.17) is 0 Å². The number of carbonyl (C=O) groups is 2. The summed E-state index contributed by atoms with van der Waals surface area (Å²) in [4.78, 5) is 22.9. The van der Waals surface area contributed by atoms with Crippen molar-refractivity contribution in [3.05, 3.63) is 0 Å². The first kappa shape index (κ1) is 15.3. The van der Waals surface area contributed by atoms with Crippen molar-refractivity contribution in [2.45, 2.75) is 38.4 Å². The molecule has 84 valence electrons. The number of ketones is 1. The van der Waals surface area contributed by atoms with E-state index in [0.29, 0.717) is 12.8 Å². The normalized spacial score (nSPS) is 44.2. The average Bonchev–Trinajstić information content (AvgIpc) is 2.39. The summed E-state index contributed by atoms with van der Waals surface area (Å²) in [6.45, 7) is 5.62. The number of carboxylic acids is 1. The molecule has 5 heteroatoms. The van der Waals surface area contributed by atoms with Crippen LogP contribution in [0.1, 0.15) is 33.6 Å². The summed E-state index contributed by atoms with van der Waals surface area (Å²) in [6.07, 6.45) is 1.18. The van der Waals surface area contributed by atoms with Crippen LogP contribution in [0.25, 0.3) is 0 Å². The van der Waals surface area contributed by atoms with Gasteiger partial charge in [-0.05, 0) is 18.3 Å². The predicted molar refractivity (Wildman–Crippen MR) is 56.3 cm³/mol. The molecule has 2 saturated carbocycles. The molecule has 0 N–H and O–H groups in total. The smallest absolute Gasteiger partial charge is 0.549 e. The molecule has 2 fully saturated rings. The van der Waals surface area contributed by atoms with Crippen LogP contribution in [0, 0.1) is 16.2 Å². The number of hydrogen-bond donors (Lipinski definition) is 0. The van der Waals surface area contributed by atoms with Crippen molar-refractivity contribution in [1.82, 2.24) is 0 Å². The van der Waals surface area contributed by atoms with Gasteiger partial charge in [0.2, 0.25) is 0 Å². The van der Waals surface area contributed by atoms with Gasteiger partial charge in [-0.2, -0.15) is 0 Å². The Balaban J connectivity index is 0.00000128. The number of carboxylic acid groups (broad SMARTS) is 1. The summed E-state index contributed by atoms with van der Waals surface area (Å²) in [5.74, 6) is -1.08. The number of fused-ring (bicyclic) bond motifs is 2. The van der Waals surface area contributed by atoms with Gasteiger partial charge in [0.15, 0.2) is 5.78 Å². The third kappa shape index (κ3) is 1.33. The molecule has 0 spiro atoms.